The molecule has 0 saturated heterocycles. The molecule has 4 aromatic carbocycles. The molecule has 0 aliphatic rings. The van der Waals surface area contributed by atoms with E-state index in [4.69, 9.17) is 0 Å². The van der Waals surface area contributed by atoms with E-state index < -0.39 is 0 Å². The van der Waals surface area contributed by atoms with E-state index in [2.05, 4.69) is 122 Å². The molecule has 5 rings (SSSR count). The van der Waals surface area contributed by atoms with Crippen molar-refractivity contribution in [3.05, 3.63) is 125 Å². The molecule has 0 amide bonds. The maximum Gasteiger partial charge on any atom is 0.0419 e. The molecule has 1 N–H and O–H groups in total. The zero-order chi connectivity index (χ0) is 21.9. The Morgan fingerprint density at radius 2 is 1.38 bits per heavy atom. The molecule has 158 valence electrons. The van der Waals surface area contributed by atoms with E-state index in [1.807, 2.05) is 11.3 Å². The highest BCUT2D eigenvalue weighted by molar-refractivity contribution is 7.15. The van der Waals surface area contributed by atoms with Crippen LogP contribution in [-0.4, -0.2) is 6.54 Å². The lowest BCUT2D eigenvalue weighted by Crippen LogP contribution is -2.05. The summed E-state index contributed by atoms with van der Waals surface area (Å²) in [5.74, 6) is 0.177. The SMILES string of the molecule is CCNc1ccc(C(c2ccccc2)c2ccc(-c3ccc(C)s3)cc2)c2ccccc12. The maximum atomic E-state index is 3.52. The van der Waals surface area contributed by atoms with Crippen LogP contribution >= 0.6 is 11.3 Å². The summed E-state index contributed by atoms with van der Waals surface area (Å²) in [6.07, 6.45) is 0. The summed E-state index contributed by atoms with van der Waals surface area (Å²) in [6.45, 7) is 5.22. The summed E-state index contributed by atoms with van der Waals surface area (Å²) in [7, 11) is 0. The number of rotatable bonds is 6. The summed E-state index contributed by atoms with van der Waals surface area (Å²) in [4.78, 5) is 2.67. The second-order valence-corrected chi connectivity index (χ2v) is 9.44. The number of hydrogen-bond acceptors (Lipinski definition) is 2. The average Bonchev–Trinajstić information content (AvgIpc) is 3.28. The molecule has 0 bridgehead atoms. The van der Waals surface area contributed by atoms with Crippen LogP contribution in [0.5, 0.6) is 0 Å². The van der Waals surface area contributed by atoms with E-state index >= 15 is 0 Å². The predicted octanol–water partition coefficient (Wildman–Crippen LogP) is 8.49. The fourth-order valence-electron chi connectivity index (χ4n) is 4.55. The van der Waals surface area contributed by atoms with Gasteiger partial charge in [0, 0.05) is 33.3 Å². The van der Waals surface area contributed by atoms with Gasteiger partial charge in [-0.15, -0.1) is 11.3 Å². The van der Waals surface area contributed by atoms with Gasteiger partial charge in [0.05, 0.1) is 0 Å². The first-order valence-corrected chi connectivity index (χ1v) is 12.0. The van der Waals surface area contributed by atoms with Crippen molar-refractivity contribution < 1.29 is 0 Å². The van der Waals surface area contributed by atoms with E-state index in [1.165, 1.54) is 48.5 Å². The average molecular weight is 434 g/mol. The number of nitrogens with one attached hydrogen (secondary N) is 1. The second kappa shape index (κ2) is 9.02. The first-order valence-electron chi connectivity index (χ1n) is 11.2. The molecule has 1 nitrogen and oxygen atoms in total. The van der Waals surface area contributed by atoms with Crippen LogP contribution in [0.4, 0.5) is 5.69 Å². The molecule has 0 aliphatic carbocycles. The Balaban J connectivity index is 1.66. The first-order chi connectivity index (χ1) is 15.7. The van der Waals surface area contributed by atoms with Crippen LogP contribution in [0.2, 0.25) is 0 Å². The monoisotopic (exact) mass is 433 g/mol. The lowest BCUT2D eigenvalue weighted by molar-refractivity contribution is 0.989. The molecule has 32 heavy (non-hydrogen) atoms. The Morgan fingerprint density at radius 3 is 2.06 bits per heavy atom. The van der Waals surface area contributed by atoms with Crippen molar-refractivity contribution in [1.82, 2.24) is 0 Å². The molecule has 0 aliphatic heterocycles. The van der Waals surface area contributed by atoms with E-state index in [9.17, 15) is 0 Å². The standard InChI is InChI=1S/C30H27NS/c1-3-31-28-19-18-27(25-11-7-8-12-26(25)28)30(23-9-5-4-6-10-23)24-16-14-22(15-17-24)29-20-13-21(2)32-29/h4-20,30-31H,3H2,1-2H3. The Kier molecular flexibility index (Phi) is 5.79. The molecular formula is C30H27NS. The number of hydrogen-bond donors (Lipinski definition) is 1. The van der Waals surface area contributed by atoms with Crippen molar-refractivity contribution in [2.75, 3.05) is 11.9 Å². The molecule has 0 radical (unpaired) electrons. The van der Waals surface area contributed by atoms with Gasteiger partial charge in [-0.3, -0.25) is 0 Å². The molecular weight excluding hydrogens is 406 g/mol. The molecule has 0 spiro atoms. The van der Waals surface area contributed by atoms with Gasteiger partial charge in [0.2, 0.25) is 0 Å². The highest BCUT2D eigenvalue weighted by Gasteiger charge is 2.20. The van der Waals surface area contributed by atoms with Gasteiger partial charge >= 0.3 is 0 Å². The van der Waals surface area contributed by atoms with Crippen molar-refractivity contribution >= 4 is 27.8 Å². The predicted molar refractivity (Wildman–Crippen MR) is 140 cm³/mol. The topological polar surface area (TPSA) is 12.0 Å². The van der Waals surface area contributed by atoms with Crippen LogP contribution in [0.3, 0.4) is 0 Å². The number of thiophene rings is 1. The molecule has 0 saturated carbocycles. The van der Waals surface area contributed by atoms with Crippen molar-refractivity contribution in [3.8, 4) is 10.4 Å². The van der Waals surface area contributed by atoms with Gasteiger partial charge in [0.1, 0.15) is 0 Å². The van der Waals surface area contributed by atoms with Crippen molar-refractivity contribution in [3.63, 3.8) is 0 Å². The van der Waals surface area contributed by atoms with E-state index in [-0.39, 0.29) is 5.92 Å². The summed E-state index contributed by atoms with van der Waals surface area (Å²) in [5.41, 5.74) is 6.45. The Morgan fingerprint density at radius 1 is 0.688 bits per heavy atom. The van der Waals surface area contributed by atoms with Gasteiger partial charge in [0.15, 0.2) is 0 Å². The zero-order valence-corrected chi connectivity index (χ0v) is 19.3. The third-order valence-corrected chi connectivity index (χ3v) is 7.09. The maximum absolute atomic E-state index is 3.52. The van der Waals surface area contributed by atoms with Gasteiger partial charge in [-0.2, -0.15) is 0 Å². The first kappa shape index (κ1) is 20.5. The highest BCUT2D eigenvalue weighted by atomic mass is 32.1. The lowest BCUT2D eigenvalue weighted by atomic mass is 9.82. The van der Waals surface area contributed by atoms with E-state index in [1.54, 1.807) is 0 Å². The van der Waals surface area contributed by atoms with E-state index in [0.717, 1.165) is 6.54 Å². The third kappa shape index (κ3) is 3.94. The van der Waals surface area contributed by atoms with Crippen LogP contribution in [0.25, 0.3) is 21.2 Å². The Labute approximate surface area is 194 Å². The minimum atomic E-state index is 0.177. The fourth-order valence-corrected chi connectivity index (χ4v) is 5.42. The number of anilines is 1. The van der Waals surface area contributed by atoms with Gasteiger partial charge in [-0.1, -0.05) is 84.9 Å². The quantitative estimate of drug-likeness (QED) is 0.265. The molecule has 5 aromatic rings. The largest absolute Gasteiger partial charge is 0.385 e. The van der Waals surface area contributed by atoms with Crippen LogP contribution in [0.1, 0.15) is 34.4 Å². The Bertz CT molecular complexity index is 1330. The highest BCUT2D eigenvalue weighted by Crippen LogP contribution is 2.39. The number of aryl methyl sites for hydroxylation is 1. The molecule has 1 atom stereocenters. The summed E-state index contributed by atoms with van der Waals surface area (Å²) < 4.78 is 0. The molecule has 1 aromatic heterocycles. The minimum Gasteiger partial charge on any atom is -0.385 e. The third-order valence-electron chi connectivity index (χ3n) is 6.04. The minimum absolute atomic E-state index is 0.177. The zero-order valence-electron chi connectivity index (χ0n) is 18.5. The van der Waals surface area contributed by atoms with Crippen LogP contribution in [0, 0.1) is 6.92 Å². The summed E-state index contributed by atoms with van der Waals surface area (Å²) in [6, 6.07) is 37.7. The lowest BCUT2D eigenvalue weighted by Gasteiger charge is -2.22. The number of fused-ring (bicyclic) bond motifs is 1. The number of benzene rings is 4. The van der Waals surface area contributed by atoms with Gasteiger partial charge in [-0.25, -0.2) is 0 Å². The molecule has 2 heteroatoms. The second-order valence-electron chi connectivity index (χ2n) is 8.15. The van der Waals surface area contributed by atoms with Gasteiger partial charge < -0.3 is 5.32 Å². The molecule has 1 unspecified atom stereocenters. The van der Waals surface area contributed by atoms with Gasteiger partial charge in [-0.05, 0) is 59.7 Å². The van der Waals surface area contributed by atoms with Crippen LogP contribution in [-0.2, 0) is 0 Å². The van der Waals surface area contributed by atoms with Crippen molar-refractivity contribution in [2.45, 2.75) is 19.8 Å². The molecule has 0 fully saturated rings. The van der Waals surface area contributed by atoms with Crippen LogP contribution in [0.15, 0.2) is 103 Å². The van der Waals surface area contributed by atoms with Gasteiger partial charge in [0.25, 0.3) is 0 Å². The smallest absolute Gasteiger partial charge is 0.0419 e. The van der Waals surface area contributed by atoms with Crippen molar-refractivity contribution in [1.29, 1.82) is 0 Å². The normalized spacial score (nSPS) is 12.1. The Hall–Kier alpha value is -3.36. The molecule has 1 heterocycles. The van der Waals surface area contributed by atoms with E-state index in [0.29, 0.717) is 0 Å². The summed E-state index contributed by atoms with van der Waals surface area (Å²) in [5, 5.41) is 6.10. The fraction of sp³-hybridized carbons (Fsp3) is 0.133. The van der Waals surface area contributed by atoms with Crippen LogP contribution < -0.4 is 5.32 Å². The summed E-state index contributed by atoms with van der Waals surface area (Å²) >= 11 is 1.85. The van der Waals surface area contributed by atoms with Crippen molar-refractivity contribution in [2.24, 2.45) is 0 Å².